The topological polar surface area (TPSA) is 72.5 Å². The molecule has 3 rings (SSSR count). The maximum atomic E-state index is 5.38. The molecule has 0 radical (unpaired) electrons. The van der Waals surface area contributed by atoms with Crippen LogP contribution in [0.5, 0.6) is 0 Å². The lowest BCUT2D eigenvalue weighted by molar-refractivity contribution is 0.567. The van der Waals surface area contributed by atoms with Gasteiger partial charge in [-0.15, -0.1) is 10.2 Å². The van der Waals surface area contributed by atoms with Gasteiger partial charge >= 0.3 is 0 Å². The summed E-state index contributed by atoms with van der Waals surface area (Å²) in [6, 6.07) is 5.69. The number of H-pyrrole nitrogens is 1. The second kappa shape index (κ2) is 5.31. The van der Waals surface area contributed by atoms with Gasteiger partial charge in [0, 0.05) is 24.2 Å². The first kappa shape index (κ1) is 12.0. The van der Waals surface area contributed by atoms with Crippen molar-refractivity contribution >= 4 is 11.8 Å². The highest BCUT2D eigenvalue weighted by atomic mass is 32.2. The van der Waals surface area contributed by atoms with Crippen molar-refractivity contribution in [3.63, 3.8) is 0 Å². The Hall–Kier alpha value is -2.02. The maximum Gasteiger partial charge on any atom is 0.200 e. The number of thioether (sulfide) groups is 1. The van der Waals surface area contributed by atoms with Crippen LogP contribution in [0.25, 0.3) is 11.6 Å². The fourth-order valence-corrected chi connectivity index (χ4v) is 2.69. The lowest BCUT2D eigenvalue weighted by Gasteiger charge is -2.04. The zero-order valence-corrected chi connectivity index (χ0v) is 11.2. The van der Waals surface area contributed by atoms with Crippen LogP contribution in [-0.4, -0.2) is 25.0 Å². The largest absolute Gasteiger partial charge is 0.461 e. The van der Waals surface area contributed by atoms with E-state index >= 15 is 0 Å². The summed E-state index contributed by atoms with van der Waals surface area (Å²) in [5.41, 5.74) is 1.07. The fourth-order valence-electron chi connectivity index (χ4n) is 1.78. The number of rotatable bonds is 5. The molecule has 0 saturated heterocycles. The lowest BCUT2D eigenvalue weighted by Crippen LogP contribution is -1.99. The number of furan rings is 1. The summed E-state index contributed by atoms with van der Waals surface area (Å²) in [4.78, 5) is 0. The van der Waals surface area contributed by atoms with Crippen molar-refractivity contribution < 1.29 is 4.42 Å². The van der Waals surface area contributed by atoms with E-state index < -0.39 is 0 Å². The van der Waals surface area contributed by atoms with Crippen LogP contribution >= 0.6 is 11.8 Å². The highest BCUT2D eigenvalue weighted by Crippen LogP contribution is 2.25. The third-order valence-electron chi connectivity index (χ3n) is 2.69. The van der Waals surface area contributed by atoms with Gasteiger partial charge in [-0.1, -0.05) is 11.8 Å². The van der Waals surface area contributed by atoms with Crippen LogP contribution in [0.3, 0.4) is 0 Å². The number of hydrogen-bond donors (Lipinski definition) is 1. The molecule has 0 bridgehead atoms. The molecule has 6 nitrogen and oxygen atoms in total. The van der Waals surface area contributed by atoms with Gasteiger partial charge in [0.1, 0.15) is 0 Å². The van der Waals surface area contributed by atoms with Crippen molar-refractivity contribution in [2.75, 3.05) is 0 Å². The average molecular weight is 275 g/mol. The van der Waals surface area contributed by atoms with E-state index in [1.54, 1.807) is 24.2 Å². The molecular weight excluding hydrogens is 262 g/mol. The molecule has 19 heavy (non-hydrogen) atoms. The maximum absolute atomic E-state index is 5.38. The molecule has 0 fully saturated rings. The molecule has 0 aliphatic carbocycles. The summed E-state index contributed by atoms with van der Waals surface area (Å²) >= 11 is 1.62. The second-order valence-corrected chi connectivity index (χ2v) is 4.84. The average Bonchev–Trinajstić information content (AvgIpc) is 3.16. The van der Waals surface area contributed by atoms with Crippen molar-refractivity contribution in [2.45, 2.75) is 24.4 Å². The minimum Gasteiger partial charge on any atom is -0.461 e. The van der Waals surface area contributed by atoms with E-state index in [0.717, 1.165) is 34.7 Å². The highest BCUT2D eigenvalue weighted by Gasteiger charge is 2.15. The quantitative estimate of drug-likeness (QED) is 0.724. The van der Waals surface area contributed by atoms with Gasteiger partial charge in [0.15, 0.2) is 16.7 Å². The van der Waals surface area contributed by atoms with Gasteiger partial charge in [-0.25, -0.2) is 0 Å². The van der Waals surface area contributed by atoms with Crippen molar-refractivity contribution in [3.8, 4) is 11.6 Å². The van der Waals surface area contributed by atoms with Crippen molar-refractivity contribution in [3.05, 3.63) is 36.4 Å². The summed E-state index contributed by atoms with van der Waals surface area (Å²) in [5, 5.41) is 16.2. The van der Waals surface area contributed by atoms with E-state index in [1.807, 2.05) is 22.8 Å². The first-order valence-electron chi connectivity index (χ1n) is 5.96. The van der Waals surface area contributed by atoms with Gasteiger partial charge in [0.25, 0.3) is 0 Å². The minimum absolute atomic E-state index is 0.739. The molecule has 0 saturated carbocycles. The van der Waals surface area contributed by atoms with Crippen LogP contribution in [0.1, 0.15) is 12.6 Å². The predicted octanol–water partition coefficient (Wildman–Crippen LogP) is 2.57. The number of hydrogen-bond acceptors (Lipinski definition) is 5. The normalized spacial score (nSPS) is 11.0. The predicted molar refractivity (Wildman–Crippen MR) is 71.5 cm³/mol. The first-order valence-corrected chi connectivity index (χ1v) is 6.95. The highest BCUT2D eigenvalue weighted by molar-refractivity contribution is 7.98. The first-order chi connectivity index (χ1) is 9.38. The SMILES string of the molecule is CCn1c(SCc2ccn[nH]2)nnc1-c1ccco1. The summed E-state index contributed by atoms with van der Waals surface area (Å²) in [6.45, 7) is 2.87. The van der Waals surface area contributed by atoms with Crippen LogP contribution in [-0.2, 0) is 12.3 Å². The number of aromatic nitrogens is 5. The molecule has 3 aromatic rings. The van der Waals surface area contributed by atoms with E-state index in [9.17, 15) is 0 Å². The van der Waals surface area contributed by atoms with Gasteiger partial charge in [-0.05, 0) is 25.1 Å². The Bertz CT molecular complexity index is 629. The third-order valence-corrected chi connectivity index (χ3v) is 3.71. The van der Waals surface area contributed by atoms with Crippen molar-refractivity contribution in [2.24, 2.45) is 0 Å². The van der Waals surface area contributed by atoms with E-state index in [1.165, 1.54) is 0 Å². The molecule has 0 aromatic carbocycles. The number of nitrogens with one attached hydrogen (secondary N) is 1. The minimum atomic E-state index is 0.739. The third kappa shape index (κ3) is 2.41. The summed E-state index contributed by atoms with van der Waals surface area (Å²) in [6.07, 6.45) is 3.39. The molecule has 0 amide bonds. The summed E-state index contributed by atoms with van der Waals surface area (Å²) < 4.78 is 7.42. The van der Waals surface area contributed by atoms with E-state index in [4.69, 9.17) is 4.42 Å². The van der Waals surface area contributed by atoms with Crippen LogP contribution < -0.4 is 0 Å². The Morgan fingerprint density at radius 1 is 1.37 bits per heavy atom. The second-order valence-electron chi connectivity index (χ2n) is 3.90. The molecule has 3 aromatic heterocycles. The van der Waals surface area contributed by atoms with Gasteiger partial charge in [-0.3, -0.25) is 9.67 Å². The Kier molecular flexibility index (Phi) is 3.37. The molecule has 7 heteroatoms. The zero-order valence-electron chi connectivity index (χ0n) is 10.4. The van der Waals surface area contributed by atoms with E-state index in [0.29, 0.717) is 0 Å². The molecule has 0 spiro atoms. The molecule has 0 aliphatic rings. The molecule has 0 unspecified atom stereocenters. The fraction of sp³-hybridized carbons (Fsp3) is 0.250. The molecule has 98 valence electrons. The van der Waals surface area contributed by atoms with Gasteiger partial charge < -0.3 is 4.42 Å². The van der Waals surface area contributed by atoms with Gasteiger partial charge in [-0.2, -0.15) is 5.10 Å². The zero-order chi connectivity index (χ0) is 13.1. The summed E-state index contributed by atoms with van der Waals surface area (Å²) in [5.74, 6) is 2.29. The van der Waals surface area contributed by atoms with Crippen molar-refractivity contribution in [1.82, 2.24) is 25.0 Å². The Morgan fingerprint density at radius 3 is 3.00 bits per heavy atom. The molecular formula is C12H13N5OS. The van der Waals surface area contributed by atoms with Gasteiger partial charge in [0.2, 0.25) is 0 Å². The van der Waals surface area contributed by atoms with Crippen LogP contribution in [0.2, 0.25) is 0 Å². The van der Waals surface area contributed by atoms with Gasteiger partial charge in [0.05, 0.1) is 6.26 Å². The molecule has 0 aliphatic heterocycles. The van der Waals surface area contributed by atoms with Crippen LogP contribution in [0.15, 0.2) is 40.2 Å². The standard InChI is InChI=1S/C12H13N5OS/c1-2-17-11(10-4-3-7-18-10)15-16-12(17)19-8-9-5-6-13-14-9/h3-7H,2,8H2,1H3,(H,13,14). The molecule has 1 N–H and O–H groups in total. The number of aromatic amines is 1. The molecule has 3 heterocycles. The Morgan fingerprint density at radius 2 is 2.32 bits per heavy atom. The lowest BCUT2D eigenvalue weighted by atomic mass is 10.4. The molecule has 0 atom stereocenters. The number of nitrogens with zero attached hydrogens (tertiary/aromatic N) is 4. The van der Waals surface area contributed by atoms with Crippen LogP contribution in [0, 0.1) is 0 Å². The smallest absolute Gasteiger partial charge is 0.200 e. The monoisotopic (exact) mass is 275 g/mol. The summed E-state index contributed by atoms with van der Waals surface area (Å²) in [7, 11) is 0. The Labute approximate surface area is 114 Å². The van der Waals surface area contributed by atoms with E-state index in [-0.39, 0.29) is 0 Å². The van der Waals surface area contributed by atoms with Crippen molar-refractivity contribution in [1.29, 1.82) is 0 Å². The van der Waals surface area contributed by atoms with Crippen LogP contribution in [0.4, 0.5) is 0 Å². The Balaban J connectivity index is 1.82. The van der Waals surface area contributed by atoms with E-state index in [2.05, 4.69) is 27.3 Å².